The van der Waals surface area contributed by atoms with Gasteiger partial charge >= 0.3 is 23.9 Å². The molecule has 3 fully saturated rings. The van der Waals surface area contributed by atoms with Gasteiger partial charge in [0.25, 0.3) is 7.98 Å². The maximum Gasteiger partial charge on any atom is 0.338 e. The van der Waals surface area contributed by atoms with E-state index in [9.17, 15) is 34.5 Å². The summed E-state index contributed by atoms with van der Waals surface area (Å²) in [4.78, 5) is 69.6. The molecule has 1 unspecified atom stereocenters. The Morgan fingerprint density at radius 1 is 0.964 bits per heavy atom. The summed E-state index contributed by atoms with van der Waals surface area (Å²) in [7, 11) is 1.36. The van der Waals surface area contributed by atoms with Crippen LogP contribution in [-0.4, -0.2) is 107 Å². The molecular weight excluding hydrogens is 715 g/mol. The van der Waals surface area contributed by atoms with Crippen molar-refractivity contribution in [2.24, 2.45) is 21.5 Å². The smallest absolute Gasteiger partial charge is 0.338 e. The highest BCUT2D eigenvalue weighted by atomic mass is 16.6. The summed E-state index contributed by atoms with van der Waals surface area (Å²) in [5.41, 5.74) is -8.04. The van der Waals surface area contributed by atoms with Crippen LogP contribution in [0.15, 0.2) is 81.9 Å². The summed E-state index contributed by atoms with van der Waals surface area (Å²) in [5.74, 6) is -6.42. The lowest BCUT2D eigenvalue weighted by molar-refractivity contribution is -0.348. The molecule has 3 N–H and O–H groups in total. The second-order valence-electron chi connectivity index (χ2n) is 15.1. The number of aliphatic hydroxyl groups is 3. The zero-order valence-electron chi connectivity index (χ0n) is 31.5. The van der Waals surface area contributed by atoms with Gasteiger partial charge in [0.15, 0.2) is 29.2 Å². The fraction of sp³-hybridized carbons (Fsp3) is 0.513. The molecule has 0 spiro atoms. The Morgan fingerprint density at radius 2 is 1.60 bits per heavy atom. The van der Waals surface area contributed by atoms with Gasteiger partial charge in [-0.2, -0.15) is 5.11 Å². The molecule has 2 aromatic rings. The van der Waals surface area contributed by atoms with Gasteiger partial charge in [-0.1, -0.05) is 54.1 Å². The van der Waals surface area contributed by atoms with E-state index in [1.807, 2.05) is 0 Å². The molecule has 0 amide bonds. The van der Waals surface area contributed by atoms with E-state index in [0.717, 1.165) is 13.8 Å². The molecular formula is C39H45BN2O13. The first-order chi connectivity index (χ1) is 26.0. The average molecular weight is 761 g/mol. The highest BCUT2D eigenvalue weighted by Gasteiger charge is 2.79. The second-order valence-corrected chi connectivity index (χ2v) is 15.1. The number of carbonyl (C=O) groups excluding carboxylic acids is 5. The highest BCUT2D eigenvalue weighted by molar-refractivity contribution is 6.04. The van der Waals surface area contributed by atoms with Gasteiger partial charge in [0.05, 0.1) is 29.6 Å². The van der Waals surface area contributed by atoms with Crippen LogP contribution in [0.3, 0.4) is 0 Å². The fourth-order valence-electron chi connectivity index (χ4n) is 9.19. The Balaban J connectivity index is 1.62. The van der Waals surface area contributed by atoms with Crippen LogP contribution < -0.4 is 0 Å². The van der Waals surface area contributed by atoms with Crippen molar-refractivity contribution in [3.63, 3.8) is 0 Å². The number of rotatable bonds is 9. The van der Waals surface area contributed by atoms with Gasteiger partial charge in [-0.05, 0) is 51.3 Å². The number of carbonyl (C=O) groups is 5. The number of nitrogens with zero attached hydrogens (tertiary/aromatic N) is 2. The third-order valence-corrected chi connectivity index (χ3v) is 11.9. The monoisotopic (exact) mass is 760 g/mol. The Bertz CT molecular complexity index is 1930. The molecule has 1 saturated heterocycles. The molecule has 55 heavy (non-hydrogen) atoms. The first-order valence-electron chi connectivity index (χ1n) is 18.1. The summed E-state index contributed by atoms with van der Waals surface area (Å²) in [6.07, 6.45) is -8.84. The number of hydrogen-bond acceptors (Lipinski definition) is 15. The zero-order chi connectivity index (χ0) is 40.1. The Hall–Kier alpha value is -4.77. The van der Waals surface area contributed by atoms with Crippen molar-refractivity contribution in [2.75, 3.05) is 6.61 Å². The van der Waals surface area contributed by atoms with Crippen LogP contribution in [0.25, 0.3) is 0 Å². The van der Waals surface area contributed by atoms with E-state index >= 15 is 4.79 Å². The predicted molar refractivity (Wildman–Crippen MR) is 193 cm³/mol. The summed E-state index contributed by atoms with van der Waals surface area (Å²) < 4.78 is 30.2. The van der Waals surface area contributed by atoms with Crippen molar-refractivity contribution >= 4 is 37.6 Å². The van der Waals surface area contributed by atoms with Crippen LogP contribution in [0.5, 0.6) is 0 Å². The highest BCUT2D eigenvalue weighted by Crippen LogP contribution is 2.63. The van der Waals surface area contributed by atoms with Crippen LogP contribution in [0.2, 0.25) is 0 Å². The van der Waals surface area contributed by atoms with E-state index in [4.69, 9.17) is 23.7 Å². The number of esters is 4. The van der Waals surface area contributed by atoms with Crippen LogP contribution >= 0.6 is 0 Å². The molecule has 0 aromatic heterocycles. The Morgan fingerprint density at radius 3 is 2.16 bits per heavy atom. The summed E-state index contributed by atoms with van der Waals surface area (Å²) in [6.45, 7) is 6.19. The lowest BCUT2D eigenvalue weighted by Gasteiger charge is -2.67. The van der Waals surface area contributed by atoms with Gasteiger partial charge in [0.1, 0.15) is 23.9 Å². The number of allylic oxidation sites excluding steroid dienone is 1. The number of ether oxygens (including phenoxy) is 5. The van der Waals surface area contributed by atoms with Crippen molar-refractivity contribution in [2.45, 2.75) is 107 Å². The van der Waals surface area contributed by atoms with Gasteiger partial charge in [0.2, 0.25) is 0 Å². The number of fused-ring (bicyclic) bond motifs is 5. The predicted octanol–water partition coefficient (Wildman–Crippen LogP) is 2.06. The number of ketones is 1. The van der Waals surface area contributed by atoms with E-state index in [0.29, 0.717) is 11.1 Å². The van der Waals surface area contributed by atoms with Crippen molar-refractivity contribution in [1.29, 1.82) is 0 Å². The molecule has 16 heteroatoms. The molecule has 6 rings (SSSR count). The SMILES string of the molecule is BN=N[C@@H](c1ccccc1)[C@@H](O)C(=O)OC1(C)C2=C(C)CC[C@@]1(O)[C@@H](OC(=O)c1ccccc1)[C@@H]1[C@]3(OC(C)=O)CO[C@@H]3C[C@H](O)[C@@]1(C)C(=O)[C@@H]2OC(C)=O. The molecule has 0 radical (unpaired) electrons. The molecule has 292 valence electrons. The molecule has 11 atom stereocenters. The van der Waals surface area contributed by atoms with Crippen LogP contribution in [0, 0.1) is 11.3 Å². The molecule has 3 aliphatic carbocycles. The normalized spacial score (nSPS) is 35.1. The summed E-state index contributed by atoms with van der Waals surface area (Å²) >= 11 is 0. The van der Waals surface area contributed by atoms with Gasteiger partial charge in [-0.15, -0.1) is 0 Å². The third-order valence-electron chi connectivity index (χ3n) is 11.9. The first-order valence-corrected chi connectivity index (χ1v) is 18.1. The van der Waals surface area contributed by atoms with E-state index < -0.39 is 94.4 Å². The standard InChI is InChI=1S/C39H45BN2O13/c1-20-16-17-39(50)33(53-34(48)24-14-10-7-11-15-24)31-36(4,25(45)18-26-38(31,19-51-26)54-22(3)44)32(47)30(52-21(2)43)27(20)37(39,5)55-35(49)29(46)28(41-42-40)23-12-8-6-9-13-23/h6-15,25-26,28-31,33,45-46,50H,16-19,40H2,1-5H3/t25-,26+,28-,29+,30+,31-,33-,36+,37?,38-,39+/m0/s1. The average Bonchev–Trinajstić information content (AvgIpc) is 3.14. The zero-order valence-corrected chi connectivity index (χ0v) is 31.5. The minimum Gasteiger partial charge on any atom is -0.455 e. The van der Waals surface area contributed by atoms with E-state index in [2.05, 4.69) is 10.1 Å². The topological polar surface area (TPSA) is 217 Å². The van der Waals surface area contributed by atoms with Gasteiger partial charge < -0.3 is 39.0 Å². The van der Waals surface area contributed by atoms with Crippen molar-refractivity contribution in [3.05, 3.63) is 82.9 Å². The second kappa shape index (κ2) is 14.7. The van der Waals surface area contributed by atoms with E-state index in [-0.39, 0.29) is 37.0 Å². The molecule has 1 heterocycles. The molecule has 2 bridgehead atoms. The summed E-state index contributed by atoms with van der Waals surface area (Å²) in [6, 6.07) is 14.9. The van der Waals surface area contributed by atoms with Gasteiger partial charge in [-0.3, -0.25) is 19.4 Å². The van der Waals surface area contributed by atoms with Crippen LogP contribution in [0.1, 0.15) is 75.8 Å². The third kappa shape index (κ3) is 6.38. The van der Waals surface area contributed by atoms with Crippen LogP contribution in [-0.2, 0) is 42.9 Å². The van der Waals surface area contributed by atoms with Crippen molar-refractivity contribution in [1.82, 2.24) is 0 Å². The fourth-order valence-corrected chi connectivity index (χ4v) is 9.19. The molecule has 15 nitrogen and oxygen atoms in total. The lowest BCUT2D eigenvalue weighted by atomic mass is 9.46. The Kier molecular flexibility index (Phi) is 10.7. The molecule has 2 aromatic carbocycles. The lowest BCUT2D eigenvalue weighted by Crippen LogP contribution is -2.83. The van der Waals surface area contributed by atoms with E-state index in [1.54, 1.807) is 55.5 Å². The number of Topliss-reactive ketones (excluding diaryl/α,β-unsaturated/α-hetero) is 1. The van der Waals surface area contributed by atoms with Gasteiger partial charge in [-0.25, -0.2) is 9.59 Å². The quantitative estimate of drug-likeness (QED) is 0.110. The number of benzene rings is 2. The Labute approximate surface area is 318 Å². The largest absolute Gasteiger partial charge is 0.455 e. The molecule has 1 aliphatic heterocycles. The number of hydrogen-bond donors (Lipinski definition) is 3. The first kappa shape index (κ1) is 39.9. The molecule has 4 aliphatic rings. The maximum atomic E-state index is 15.3. The van der Waals surface area contributed by atoms with E-state index in [1.165, 1.54) is 34.0 Å². The number of aliphatic hydroxyl groups excluding tert-OH is 2. The maximum absolute atomic E-state index is 15.3. The van der Waals surface area contributed by atoms with Crippen molar-refractivity contribution in [3.8, 4) is 0 Å². The van der Waals surface area contributed by atoms with Crippen molar-refractivity contribution < 1.29 is 63.0 Å². The minimum absolute atomic E-state index is 0.0229. The minimum atomic E-state index is -2.52. The van der Waals surface area contributed by atoms with Crippen LogP contribution in [0.4, 0.5) is 0 Å². The van der Waals surface area contributed by atoms with Gasteiger partial charge in [0, 0.05) is 25.8 Å². The molecule has 2 saturated carbocycles. The summed E-state index contributed by atoms with van der Waals surface area (Å²) in [5, 5.41) is 44.9.